The van der Waals surface area contributed by atoms with Crippen LogP contribution in [0.4, 0.5) is 10.5 Å². The molecular weight excluding hydrogens is 336 g/mol. The summed E-state index contributed by atoms with van der Waals surface area (Å²) in [7, 11) is 0. The number of fused-ring (bicyclic) bond motifs is 3. The predicted octanol–water partition coefficient (Wildman–Crippen LogP) is 5.67. The maximum atomic E-state index is 12.1. The van der Waals surface area contributed by atoms with Gasteiger partial charge in [0.2, 0.25) is 0 Å². The van der Waals surface area contributed by atoms with Crippen molar-refractivity contribution < 1.29 is 9.53 Å². The molecule has 3 aromatic rings. The van der Waals surface area contributed by atoms with E-state index in [0.717, 1.165) is 23.2 Å². The third kappa shape index (κ3) is 3.56. The highest BCUT2D eigenvalue weighted by Crippen LogP contribution is 2.42. The maximum Gasteiger partial charge on any atom is 0.412 e. The van der Waals surface area contributed by atoms with Crippen LogP contribution in [-0.2, 0) is 11.2 Å². The standard InChI is InChI=1S/C23H22N2O2/c1-23(2,3)27-22(26)25-17-9-6-8-15(13-17)19-11-12-24-20-14-16-7-4-5-10-18(16)21(19)20/h4-13H,14H2,1-3H3,(H,25,26). The molecule has 0 unspecified atom stereocenters. The molecule has 4 rings (SSSR count). The molecule has 0 bridgehead atoms. The molecule has 0 fully saturated rings. The quantitative estimate of drug-likeness (QED) is 0.502. The van der Waals surface area contributed by atoms with Crippen molar-refractivity contribution in [2.75, 3.05) is 5.32 Å². The SMILES string of the molecule is CC(C)(C)OC(=O)Nc1cccc(-c2ccnc3c2-c2ccccc2C3)c1. The summed E-state index contributed by atoms with van der Waals surface area (Å²) in [5.74, 6) is 0. The first kappa shape index (κ1) is 17.3. The van der Waals surface area contributed by atoms with Gasteiger partial charge in [0.25, 0.3) is 0 Å². The molecule has 136 valence electrons. The molecule has 4 heteroatoms. The van der Waals surface area contributed by atoms with Crippen LogP contribution in [0.1, 0.15) is 32.0 Å². The van der Waals surface area contributed by atoms with Crippen molar-refractivity contribution in [3.63, 3.8) is 0 Å². The largest absolute Gasteiger partial charge is 0.444 e. The van der Waals surface area contributed by atoms with Crippen molar-refractivity contribution in [1.82, 2.24) is 4.98 Å². The normalized spacial score (nSPS) is 12.3. The fourth-order valence-electron chi connectivity index (χ4n) is 3.46. The lowest BCUT2D eigenvalue weighted by Gasteiger charge is -2.20. The molecular formula is C23H22N2O2. The van der Waals surface area contributed by atoms with Gasteiger partial charge in [0.1, 0.15) is 5.60 Å². The Kier molecular flexibility index (Phi) is 4.19. The first-order valence-electron chi connectivity index (χ1n) is 9.07. The van der Waals surface area contributed by atoms with E-state index in [1.165, 1.54) is 16.7 Å². The van der Waals surface area contributed by atoms with Crippen molar-refractivity contribution in [3.8, 4) is 22.3 Å². The van der Waals surface area contributed by atoms with Gasteiger partial charge in [-0.25, -0.2) is 4.79 Å². The summed E-state index contributed by atoms with van der Waals surface area (Å²) in [4.78, 5) is 16.7. The van der Waals surface area contributed by atoms with Crippen LogP contribution < -0.4 is 5.32 Å². The fraction of sp³-hybridized carbons (Fsp3) is 0.217. The van der Waals surface area contributed by atoms with Gasteiger partial charge in [-0.1, -0.05) is 36.4 Å². The van der Waals surface area contributed by atoms with Crippen molar-refractivity contribution in [3.05, 3.63) is 72.1 Å². The van der Waals surface area contributed by atoms with Crippen LogP contribution in [0.25, 0.3) is 22.3 Å². The Balaban J connectivity index is 1.69. The number of amides is 1. The molecule has 1 N–H and O–H groups in total. The average Bonchev–Trinajstić information content (AvgIpc) is 2.99. The van der Waals surface area contributed by atoms with E-state index in [1.54, 1.807) is 0 Å². The zero-order valence-electron chi connectivity index (χ0n) is 15.7. The predicted molar refractivity (Wildman–Crippen MR) is 108 cm³/mol. The lowest BCUT2D eigenvalue weighted by molar-refractivity contribution is 0.0636. The topological polar surface area (TPSA) is 51.2 Å². The van der Waals surface area contributed by atoms with Gasteiger partial charge in [-0.05, 0) is 61.2 Å². The first-order valence-corrected chi connectivity index (χ1v) is 9.07. The second-order valence-electron chi connectivity index (χ2n) is 7.72. The second kappa shape index (κ2) is 6.54. The molecule has 2 aromatic carbocycles. The highest BCUT2D eigenvalue weighted by atomic mass is 16.6. The summed E-state index contributed by atoms with van der Waals surface area (Å²) in [6.45, 7) is 5.54. The van der Waals surface area contributed by atoms with Crippen LogP contribution >= 0.6 is 0 Å². The second-order valence-corrected chi connectivity index (χ2v) is 7.72. The van der Waals surface area contributed by atoms with E-state index in [-0.39, 0.29) is 0 Å². The summed E-state index contributed by atoms with van der Waals surface area (Å²) >= 11 is 0. The van der Waals surface area contributed by atoms with Crippen LogP contribution in [0.5, 0.6) is 0 Å². The Morgan fingerprint density at radius 1 is 1.04 bits per heavy atom. The average molecular weight is 358 g/mol. The number of anilines is 1. The van der Waals surface area contributed by atoms with Crippen LogP contribution in [-0.4, -0.2) is 16.7 Å². The number of aromatic nitrogens is 1. The molecule has 4 nitrogen and oxygen atoms in total. The minimum atomic E-state index is -0.530. The van der Waals surface area contributed by atoms with Gasteiger partial charge in [0, 0.05) is 23.9 Å². The molecule has 0 saturated heterocycles. The number of hydrogen-bond acceptors (Lipinski definition) is 3. The number of nitrogens with one attached hydrogen (secondary N) is 1. The molecule has 1 amide bonds. The Morgan fingerprint density at radius 3 is 2.67 bits per heavy atom. The van der Waals surface area contributed by atoms with Crippen molar-refractivity contribution >= 4 is 11.8 Å². The molecule has 0 atom stereocenters. The number of pyridine rings is 1. The Labute approximate surface area is 159 Å². The third-order valence-electron chi connectivity index (χ3n) is 4.49. The molecule has 1 aromatic heterocycles. The zero-order valence-corrected chi connectivity index (χ0v) is 15.7. The number of carbonyl (C=O) groups excluding carboxylic acids is 1. The molecule has 0 spiro atoms. The monoisotopic (exact) mass is 358 g/mol. The van der Waals surface area contributed by atoms with E-state index < -0.39 is 11.7 Å². The maximum absolute atomic E-state index is 12.1. The highest BCUT2D eigenvalue weighted by molar-refractivity contribution is 5.91. The van der Waals surface area contributed by atoms with Gasteiger partial charge in [0.15, 0.2) is 0 Å². The van der Waals surface area contributed by atoms with Crippen molar-refractivity contribution in [2.45, 2.75) is 32.8 Å². The number of carbonyl (C=O) groups is 1. The van der Waals surface area contributed by atoms with Crippen LogP contribution in [0.15, 0.2) is 60.8 Å². The molecule has 0 radical (unpaired) electrons. The number of rotatable bonds is 2. The fourth-order valence-corrected chi connectivity index (χ4v) is 3.46. The molecule has 1 aliphatic rings. The van der Waals surface area contributed by atoms with E-state index >= 15 is 0 Å². The summed E-state index contributed by atoms with van der Waals surface area (Å²) in [6, 6.07) is 18.3. The van der Waals surface area contributed by atoms with Crippen LogP contribution in [0, 0.1) is 0 Å². The zero-order chi connectivity index (χ0) is 19.0. The van der Waals surface area contributed by atoms with E-state index in [2.05, 4.69) is 40.6 Å². The Bertz CT molecular complexity index is 1020. The summed E-state index contributed by atoms with van der Waals surface area (Å²) < 4.78 is 5.35. The first-order chi connectivity index (χ1) is 12.9. The molecule has 1 heterocycles. The van der Waals surface area contributed by atoms with E-state index in [1.807, 2.05) is 51.2 Å². The molecule has 0 aliphatic heterocycles. The van der Waals surface area contributed by atoms with Gasteiger partial charge in [-0.3, -0.25) is 10.3 Å². The van der Waals surface area contributed by atoms with Crippen molar-refractivity contribution in [2.24, 2.45) is 0 Å². The van der Waals surface area contributed by atoms with Crippen LogP contribution in [0.3, 0.4) is 0 Å². The molecule has 0 saturated carbocycles. The van der Waals surface area contributed by atoms with Crippen molar-refractivity contribution in [1.29, 1.82) is 0 Å². The van der Waals surface area contributed by atoms with Gasteiger partial charge < -0.3 is 4.74 Å². The van der Waals surface area contributed by atoms with Gasteiger partial charge in [-0.15, -0.1) is 0 Å². The lowest BCUT2D eigenvalue weighted by Crippen LogP contribution is -2.27. The summed E-state index contributed by atoms with van der Waals surface area (Å²) in [5, 5.41) is 2.82. The Hall–Kier alpha value is -3.14. The number of hydrogen-bond donors (Lipinski definition) is 1. The van der Waals surface area contributed by atoms with Gasteiger partial charge in [0.05, 0.1) is 5.69 Å². The van der Waals surface area contributed by atoms with E-state index in [0.29, 0.717) is 5.69 Å². The highest BCUT2D eigenvalue weighted by Gasteiger charge is 2.23. The van der Waals surface area contributed by atoms with Crippen LogP contribution in [0.2, 0.25) is 0 Å². The summed E-state index contributed by atoms with van der Waals surface area (Å²) in [5.41, 5.74) is 7.16. The minimum Gasteiger partial charge on any atom is -0.444 e. The minimum absolute atomic E-state index is 0.454. The third-order valence-corrected chi connectivity index (χ3v) is 4.49. The van der Waals surface area contributed by atoms with Gasteiger partial charge in [-0.2, -0.15) is 0 Å². The lowest BCUT2D eigenvalue weighted by atomic mass is 9.96. The molecule has 1 aliphatic carbocycles. The van der Waals surface area contributed by atoms with E-state index in [9.17, 15) is 4.79 Å². The summed E-state index contributed by atoms with van der Waals surface area (Å²) in [6.07, 6.45) is 2.26. The Morgan fingerprint density at radius 2 is 1.85 bits per heavy atom. The number of benzene rings is 2. The number of ether oxygens (including phenoxy) is 1. The van der Waals surface area contributed by atoms with E-state index in [4.69, 9.17) is 4.74 Å². The molecule has 27 heavy (non-hydrogen) atoms. The number of nitrogens with zero attached hydrogens (tertiary/aromatic N) is 1. The smallest absolute Gasteiger partial charge is 0.412 e. The van der Waals surface area contributed by atoms with Gasteiger partial charge >= 0.3 is 6.09 Å².